The molecule has 1 N–H and O–H groups in total. The fraction of sp³-hybridized carbons (Fsp3) is 0.737. The van der Waals surface area contributed by atoms with Gasteiger partial charge < -0.3 is 10.1 Å². The zero-order valence-corrected chi connectivity index (χ0v) is 15.2. The highest BCUT2D eigenvalue weighted by Gasteiger charge is 2.44. The molecule has 0 atom stereocenters. The van der Waals surface area contributed by atoms with Crippen molar-refractivity contribution in [2.24, 2.45) is 4.99 Å². The van der Waals surface area contributed by atoms with E-state index in [0.29, 0.717) is 30.9 Å². The van der Waals surface area contributed by atoms with Gasteiger partial charge in [-0.2, -0.15) is 0 Å². The highest BCUT2D eigenvalue weighted by Crippen LogP contribution is 2.36. The normalized spacial score (nSPS) is 20.5. The number of amidine groups is 1. The van der Waals surface area contributed by atoms with E-state index in [1.54, 1.807) is 0 Å². The second-order valence-electron chi connectivity index (χ2n) is 6.70. The Kier molecular flexibility index (Phi) is 6.58. The molecule has 1 fully saturated rings. The zero-order valence-electron chi connectivity index (χ0n) is 15.2. The number of esters is 1. The number of carbonyl (C=O) groups excluding carboxylic acids is 2. The molecular formula is C19H30N2O3. The summed E-state index contributed by atoms with van der Waals surface area (Å²) in [6, 6.07) is 0. The summed E-state index contributed by atoms with van der Waals surface area (Å²) in [4.78, 5) is 29.8. The zero-order chi connectivity index (χ0) is 17.6. The molecule has 1 heterocycles. The Morgan fingerprint density at radius 2 is 1.88 bits per heavy atom. The number of nitrogens with zero attached hydrogens (tertiary/aromatic N) is 1. The van der Waals surface area contributed by atoms with Gasteiger partial charge in [0, 0.05) is 11.1 Å². The van der Waals surface area contributed by atoms with E-state index in [4.69, 9.17) is 9.73 Å². The van der Waals surface area contributed by atoms with Crippen LogP contribution in [-0.4, -0.2) is 29.9 Å². The lowest BCUT2D eigenvalue weighted by Crippen LogP contribution is -2.41. The minimum absolute atomic E-state index is 0.000856. The number of hydrogen-bond acceptors (Lipinski definition) is 4. The maximum atomic E-state index is 12.5. The second kappa shape index (κ2) is 8.45. The maximum absolute atomic E-state index is 12.5. The molecule has 0 bridgehead atoms. The van der Waals surface area contributed by atoms with Gasteiger partial charge in [-0.3, -0.25) is 9.79 Å². The molecule has 0 radical (unpaired) electrons. The third kappa shape index (κ3) is 3.87. The molecular weight excluding hydrogens is 304 g/mol. The van der Waals surface area contributed by atoms with Crippen LogP contribution in [-0.2, 0) is 14.3 Å². The van der Waals surface area contributed by atoms with Gasteiger partial charge in [0.05, 0.1) is 6.61 Å². The number of amides is 1. The molecule has 24 heavy (non-hydrogen) atoms. The molecule has 0 saturated heterocycles. The van der Waals surface area contributed by atoms with Crippen LogP contribution < -0.4 is 5.32 Å². The lowest BCUT2D eigenvalue weighted by atomic mass is 9.82. The minimum Gasteiger partial charge on any atom is -0.462 e. The van der Waals surface area contributed by atoms with Crippen LogP contribution in [0.3, 0.4) is 0 Å². The van der Waals surface area contributed by atoms with Crippen LogP contribution in [0.15, 0.2) is 16.1 Å². The van der Waals surface area contributed by atoms with Crippen molar-refractivity contribution in [3.8, 4) is 0 Å². The molecule has 1 aliphatic heterocycles. The van der Waals surface area contributed by atoms with E-state index >= 15 is 0 Å². The topological polar surface area (TPSA) is 67.8 Å². The summed E-state index contributed by atoms with van der Waals surface area (Å²) >= 11 is 0. The van der Waals surface area contributed by atoms with Gasteiger partial charge in [-0.05, 0) is 32.1 Å². The summed E-state index contributed by atoms with van der Waals surface area (Å²) in [5.41, 5.74) is 0.910. The number of rotatable bonds is 7. The first kappa shape index (κ1) is 18.7. The number of hydrogen-bond donors (Lipinski definition) is 1. The third-order valence-corrected chi connectivity index (χ3v) is 4.85. The molecule has 0 aromatic carbocycles. The standard InChI is InChI=1S/C19H30N2O3/c1-4-10-15(17(22)24-13-5-2)14(6-3)16-20-18(23)19(21-16)11-8-7-9-12-19/h4-13H2,1-3H3,(H,20,21,23)/b15-14-. The van der Waals surface area contributed by atoms with E-state index in [1.807, 2.05) is 20.8 Å². The summed E-state index contributed by atoms with van der Waals surface area (Å²) in [6.07, 6.45) is 7.82. The molecule has 1 spiro atoms. The van der Waals surface area contributed by atoms with E-state index in [2.05, 4.69) is 5.32 Å². The number of carbonyl (C=O) groups is 2. The third-order valence-electron chi connectivity index (χ3n) is 4.85. The maximum Gasteiger partial charge on any atom is 0.334 e. The average Bonchev–Trinajstić information content (AvgIpc) is 2.89. The van der Waals surface area contributed by atoms with Crippen LogP contribution in [0.1, 0.15) is 78.6 Å². The van der Waals surface area contributed by atoms with Gasteiger partial charge in [0.1, 0.15) is 11.4 Å². The van der Waals surface area contributed by atoms with E-state index in [-0.39, 0.29) is 11.9 Å². The van der Waals surface area contributed by atoms with Gasteiger partial charge in [0.15, 0.2) is 0 Å². The van der Waals surface area contributed by atoms with Crippen LogP contribution in [0.5, 0.6) is 0 Å². The fourth-order valence-electron chi connectivity index (χ4n) is 3.57. The first-order valence-electron chi connectivity index (χ1n) is 9.38. The smallest absolute Gasteiger partial charge is 0.334 e. The Bertz CT molecular complexity index is 543. The molecule has 1 saturated carbocycles. The van der Waals surface area contributed by atoms with Crippen molar-refractivity contribution in [2.75, 3.05) is 6.61 Å². The Morgan fingerprint density at radius 1 is 1.17 bits per heavy atom. The highest BCUT2D eigenvalue weighted by atomic mass is 16.5. The van der Waals surface area contributed by atoms with Gasteiger partial charge in [-0.15, -0.1) is 0 Å². The molecule has 0 aromatic rings. The summed E-state index contributed by atoms with van der Waals surface area (Å²) in [5, 5.41) is 2.96. The Balaban J connectivity index is 2.34. The van der Waals surface area contributed by atoms with Crippen molar-refractivity contribution in [1.82, 2.24) is 5.32 Å². The van der Waals surface area contributed by atoms with E-state index in [0.717, 1.165) is 44.1 Å². The van der Waals surface area contributed by atoms with Crippen LogP contribution in [0, 0.1) is 0 Å². The predicted molar refractivity (Wildman–Crippen MR) is 94.9 cm³/mol. The van der Waals surface area contributed by atoms with Crippen molar-refractivity contribution >= 4 is 17.7 Å². The van der Waals surface area contributed by atoms with Gasteiger partial charge >= 0.3 is 5.97 Å². The first-order valence-corrected chi connectivity index (χ1v) is 9.38. The lowest BCUT2D eigenvalue weighted by Gasteiger charge is -2.27. The predicted octanol–water partition coefficient (Wildman–Crippen LogP) is 3.68. The quantitative estimate of drug-likeness (QED) is 0.570. The molecule has 1 amide bonds. The van der Waals surface area contributed by atoms with Gasteiger partial charge in [-0.1, -0.05) is 46.5 Å². The largest absolute Gasteiger partial charge is 0.462 e. The molecule has 5 nitrogen and oxygen atoms in total. The lowest BCUT2D eigenvalue weighted by molar-refractivity contribution is -0.139. The molecule has 1 aliphatic carbocycles. The van der Waals surface area contributed by atoms with Gasteiger partial charge in [0.25, 0.3) is 5.91 Å². The van der Waals surface area contributed by atoms with Crippen molar-refractivity contribution in [2.45, 2.75) is 84.1 Å². The molecule has 134 valence electrons. The van der Waals surface area contributed by atoms with Gasteiger partial charge in [-0.25, -0.2) is 4.79 Å². The van der Waals surface area contributed by atoms with E-state index < -0.39 is 5.54 Å². The van der Waals surface area contributed by atoms with Crippen molar-refractivity contribution in [1.29, 1.82) is 0 Å². The molecule has 0 unspecified atom stereocenters. The van der Waals surface area contributed by atoms with E-state index in [1.165, 1.54) is 6.42 Å². The summed E-state index contributed by atoms with van der Waals surface area (Å²) in [7, 11) is 0. The van der Waals surface area contributed by atoms with Crippen LogP contribution in [0.4, 0.5) is 0 Å². The Morgan fingerprint density at radius 3 is 2.46 bits per heavy atom. The minimum atomic E-state index is -0.599. The van der Waals surface area contributed by atoms with Gasteiger partial charge in [0.2, 0.25) is 0 Å². The van der Waals surface area contributed by atoms with Crippen molar-refractivity contribution in [3.63, 3.8) is 0 Å². The number of ether oxygens (including phenoxy) is 1. The molecule has 2 aliphatic rings. The first-order chi connectivity index (χ1) is 11.6. The number of aliphatic imine (C=N–C) groups is 1. The second-order valence-corrected chi connectivity index (χ2v) is 6.70. The molecule has 2 rings (SSSR count). The average molecular weight is 334 g/mol. The molecule has 5 heteroatoms. The van der Waals surface area contributed by atoms with Crippen molar-refractivity contribution < 1.29 is 14.3 Å². The van der Waals surface area contributed by atoms with Crippen LogP contribution >= 0.6 is 0 Å². The summed E-state index contributed by atoms with van der Waals surface area (Å²) in [6.45, 7) is 6.44. The summed E-state index contributed by atoms with van der Waals surface area (Å²) in [5.74, 6) is 0.333. The fourth-order valence-corrected chi connectivity index (χ4v) is 3.57. The van der Waals surface area contributed by atoms with E-state index in [9.17, 15) is 9.59 Å². The van der Waals surface area contributed by atoms with Crippen LogP contribution in [0.25, 0.3) is 0 Å². The highest BCUT2D eigenvalue weighted by molar-refractivity contribution is 6.17. The Hall–Kier alpha value is -1.65. The SMILES string of the molecule is CCCOC(=O)/C(CCC)=C(/CC)C1=NC2(CCCCC2)C(=O)N1. The van der Waals surface area contributed by atoms with Crippen LogP contribution in [0.2, 0.25) is 0 Å². The Labute approximate surface area is 144 Å². The summed E-state index contributed by atoms with van der Waals surface area (Å²) < 4.78 is 5.35. The van der Waals surface area contributed by atoms with Crippen molar-refractivity contribution in [3.05, 3.63) is 11.1 Å². The monoisotopic (exact) mass is 334 g/mol. The number of nitrogens with one attached hydrogen (secondary N) is 1. The molecule has 0 aromatic heterocycles.